The standard InChI is InChI=1S/C21H22FN5O/c1-23-21(28)15-8-9-24-19(11-15)27-10-2-3-16(13-27)20-18(12-25-26-20)14-4-6-17(22)7-5-14/h4-9,11-12,16H,2-3,10,13H2,1H3,(H,23,28)(H,25,26)/t16-/m1/s1. The third-order valence-corrected chi connectivity index (χ3v) is 5.21. The van der Waals surface area contributed by atoms with Crippen molar-refractivity contribution in [2.45, 2.75) is 18.8 Å². The van der Waals surface area contributed by atoms with Gasteiger partial charge in [-0.3, -0.25) is 9.89 Å². The first-order valence-electron chi connectivity index (χ1n) is 9.38. The highest BCUT2D eigenvalue weighted by atomic mass is 19.1. The molecule has 0 aliphatic carbocycles. The molecule has 1 saturated heterocycles. The molecule has 3 aromatic rings. The predicted octanol–water partition coefficient (Wildman–Crippen LogP) is 3.35. The lowest BCUT2D eigenvalue weighted by atomic mass is 9.90. The lowest BCUT2D eigenvalue weighted by Crippen LogP contribution is -2.35. The summed E-state index contributed by atoms with van der Waals surface area (Å²) in [5, 5.41) is 10.0. The van der Waals surface area contributed by atoms with E-state index in [-0.39, 0.29) is 17.6 Å². The molecule has 0 radical (unpaired) electrons. The van der Waals surface area contributed by atoms with Crippen molar-refractivity contribution in [1.29, 1.82) is 0 Å². The molecule has 2 aromatic heterocycles. The summed E-state index contributed by atoms with van der Waals surface area (Å²) in [6.07, 6.45) is 5.51. The number of carbonyl (C=O) groups is 1. The molecular weight excluding hydrogens is 357 g/mol. The summed E-state index contributed by atoms with van der Waals surface area (Å²) in [5.74, 6) is 0.680. The molecule has 3 heterocycles. The molecule has 0 saturated carbocycles. The number of nitrogens with one attached hydrogen (secondary N) is 2. The summed E-state index contributed by atoms with van der Waals surface area (Å²) >= 11 is 0. The maximum Gasteiger partial charge on any atom is 0.251 e. The van der Waals surface area contributed by atoms with Gasteiger partial charge in [-0.05, 0) is 42.7 Å². The van der Waals surface area contributed by atoms with Gasteiger partial charge in [0.2, 0.25) is 0 Å². The molecule has 0 unspecified atom stereocenters. The first-order valence-corrected chi connectivity index (χ1v) is 9.38. The number of rotatable bonds is 4. The molecule has 1 amide bonds. The second-order valence-electron chi connectivity index (χ2n) is 6.97. The summed E-state index contributed by atoms with van der Waals surface area (Å²) in [7, 11) is 1.62. The van der Waals surface area contributed by atoms with E-state index in [4.69, 9.17) is 0 Å². The van der Waals surface area contributed by atoms with Crippen molar-refractivity contribution in [2.24, 2.45) is 0 Å². The van der Waals surface area contributed by atoms with Crippen LogP contribution in [-0.2, 0) is 0 Å². The topological polar surface area (TPSA) is 73.9 Å². The molecular formula is C21H22FN5O. The third-order valence-electron chi connectivity index (χ3n) is 5.21. The van der Waals surface area contributed by atoms with E-state index in [1.807, 2.05) is 6.07 Å². The average Bonchev–Trinajstić information content (AvgIpc) is 3.24. The Kier molecular flexibility index (Phi) is 5.06. The Bertz CT molecular complexity index is 969. The fourth-order valence-electron chi connectivity index (χ4n) is 3.76. The molecule has 28 heavy (non-hydrogen) atoms. The van der Waals surface area contributed by atoms with E-state index in [0.717, 1.165) is 48.6 Å². The summed E-state index contributed by atoms with van der Waals surface area (Å²) < 4.78 is 13.3. The smallest absolute Gasteiger partial charge is 0.251 e. The first kappa shape index (κ1) is 18.2. The van der Waals surface area contributed by atoms with Gasteiger partial charge in [0, 0.05) is 49.1 Å². The Labute approximate surface area is 162 Å². The van der Waals surface area contributed by atoms with Crippen LogP contribution in [0.25, 0.3) is 11.1 Å². The Morgan fingerprint density at radius 1 is 1.29 bits per heavy atom. The lowest BCUT2D eigenvalue weighted by molar-refractivity contribution is 0.0963. The van der Waals surface area contributed by atoms with Gasteiger partial charge in [-0.2, -0.15) is 5.10 Å². The fraction of sp³-hybridized carbons (Fsp3) is 0.286. The molecule has 0 spiro atoms. The van der Waals surface area contributed by atoms with Crippen LogP contribution in [0.15, 0.2) is 48.8 Å². The molecule has 7 heteroatoms. The summed E-state index contributed by atoms with van der Waals surface area (Å²) in [6, 6.07) is 10.0. The lowest BCUT2D eigenvalue weighted by Gasteiger charge is -2.33. The second-order valence-corrected chi connectivity index (χ2v) is 6.97. The zero-order chi connectivity index (χ0) is 19.5. The minimum Gasteiger partial charge on any atom is -0.356 e. The SMILES string of the molecule is CNC(=O)c1ccnc(N2CCC[C@@H](c3[nH]ncc3-c3ccc(F)cc3)C2)c1. The Balaban J connectivity index is 1.58. The van der Waals surface area contributed by atoms with E-state index in [2.05, 4.69) is 25.4 Å². The number of aromatic nitrogens is 3. The summed E-state index contributed by atoms with van der Waals surface area (Å²) in [4.78, 5) is 18.6. The number of piperidine rings is 1. The van der Waals surface area contributed by atoms with Crippen LogP contribution in [-0.4, -0.2) is 41.2 Å². The quantitative estimate of drug-likeness (QED) is 0.729. The van der Waals surface area contributed by atoms with Crippen LogP contribution in [0.3, 0.4) is 0 Å². The van der Waals surface area contributed by atoms with Crippen molar-refractivity contribution in [3.8, 4) is 11.1 Å². The van der Waals surface area contributed by atoms with Crippen LogP contribution < -0.4 is 10.2 Å². The van der Waals surface area contributed by atoms with Crippen LogP contribution in [0.1, 0.15) is 34.8 Å². The van der Waals surface area contributed by atoms with E-state index in [1.165, 1.54) is 12.1 Å². The second kappa shape index (κ2) is 7.80. The maximum absolute atomic E-state index is 13.3. The predicted molar refractivity (Wildman–Crippen MR) is 106 cm³/mol. The number of halogens is 1. The van der Waals surface area contributed by atoms with Gasteiger partial charge in [0.1, 0.15) is 11.6 Å². The van der Waals surface area contributed by atoms with Gasteiger partial charge in [0.15, 0.2) is 0 Å². The van der Waals surface area contributed by atoms with Gasteiger partial charge in [-0.25, -0.2) is 9.37 Å². The van der Waals surface area contributed by atoms with E-state index < -0.39 is 0 Å². The molecule has 144 valence electrons. The molecule has 2 N–H and O–H groups in total. The minimum atomic E-state index is -0.250. The number of nitrogens with zero attached hydrogens (tertiary/aromatic N) is 3. The van der Waals surface area contributed by atoms with Gasteiger partial charge in [0.25, 0.3) is 5.91 Å². The molecule has 4 rings (SSSR count). The van der Waals surface area contributed by atoms with Crippen molar-refractivity contribution in [3.63, 3.8) is 0 Å². The largest absolute Gasteiger partial charge is 0.356 e. The molecule has 6 nitrogen and oxygen atoms in total. The van der Waals surface area contributed by atoms with Crippen LogP contribution in [0.5, 0.6) is 0 Å². The van der Waals surface area contributed by atoms with Crippen molar-refractivity contribution < 1.29 is 9.18 Å². The highest BCUT2D eigenvalue weighted by molar-refractivity contribution is 5.94. The van der Waals surface area contributed by atoms with E-state index >= 15 is 0 Å². The third kappa shape index (κ3) is 3.60. The van der Waals surface area contributed by atoms with Gasteiger partial charge in [-0.15, -0.1) is 0 Å². The molecule has 1 aromatic carbocycles. The van der Waals surface area contributed by atoms with Crippen LogP contribution in [0.4, 0.5) is 10.2 Å². The number of H-pyrrole nitrogens is 1. The van der Waals surface area contributed by atoms with Gasteiger partial charge in [0.05, 0.1) is 6.20 Å². The molecule has 1 aliphatic heterocycles. The number of amides is 1. The first-order chi connectivity index (χ1) is 13.7. The van der Waals surface area contributed by atoms with E-state index in [9.17, 15) is 9.18 Å². The van der Waals surface area contributed by atoms with Crippen molar-refractivity contribution in [2.75, 3.05) is 25.0 Å². The molecule has 1 aliphatic rings. The normalized spacial score (nSPS) is 16.8. The van der Waals surface area contributed by atoms with Crippen molar-refractivity contribution in [3.05, 3.63) is 65.9 Å². The van der Waals surface area contributed by atoms with Crippen LogP contribution in [0.2, 0.25) is 0 Å². The van der Waals surface area contributed by atoms with Crippen molar-refractivity contribution in [1.82, 2.24) is 20.5 Å². The van der Waals surface area contributed by atoms with Crippen LogP contribution >= 0.6 is 0 Å². The average molecular weight is 379 g/mol. The Hall–Kier alpha value is -3.22. The summed E-state index contributed by atoms with van der Waals surface area (Å²) in [5.41, 5.74) is 3.60. The Morgan fingerprint density at radius 2 is 2.11 bits per heavy atom. The molecule has 0 bridgehead atoms. The highest BCUT2D eigenvalue weighted by Crippen LogP contribution is 2.34. The fourth-order valence-corrected chi connectivity index (χ4v) is 3.76. The van der Waals surface area contributed by atoms with Gasteiger partial charge in [-0.1, -0.05) is 12.1 Å². The van der Waals surface area contributed by atoms with Crippen molar-refractivity contribution >= 4 is 11.7 Å². The monoisotopic (exact) mass is 379 g/mol. The summed E-state index contributed by atoms with van der Waals surface area (Å²) in [6.45, 7) is 1.67. The highest BCUT2D eigenvalue weighted by Gasteiger charge is 2.26. The minimum absolute atomic E-state index is 0.121. The number of hydrogen-bond donors (Lipinski definition) is 2. The molecule has 1 atom stereocenters. The van der Waals surface area contributed by atoms with E-state index in [1.54, 1.807) is 37.6 Å². The number of pyridine rings is 1. The van der Waals surface area contributed by atoms with Gasteiger partial charge >= 0.3 is 0 Å². The zero-order valence-electron chi connectivity index (χ0n) is 15.7. The Morgan fingerprint density at radius 3 is 2.89 bits per heavy atom. The number of benzene rings is 1. The van der Waals surface area contributed by atoms with Gasteiger partial charge < -0.3 is 10.2 Å². The molecule has 1 fully saturated rings. The zero-order valence-corrected chi connectivity index (χ0v) is 15.7. The van der Waals surface area contributed by atoms with Crippen LogP contribution in [0, 0.1) is 5.82 Å². The number of carbonyl (C=O) groups excluding carboxylic acids is 1. The maximum atomic E-state index is 13.3. The van der Waals surface area contributed by atoms with E-state index in [0.29, 0.717) is 5.56 Å². The number of hydrogen-bond acceptors (Lipinski definition) is 4. The number of aromatic amines is 1. The number of anilines is 1.